The van der Waals surface area contributed by atoms with Crippen LogP contribution < -0.4 is 5.32 Å². The standard InChI is InChI=1S/C23H30FN3O3S/c1-15(21(28)25-11-4-14-30-3)17-9-12-27(13-10-17)23(29)20-16(2)26-22(31-20)18-5-7-19(24)8-6-18/h5-8,15,17H,4,9-14H2,1-3H3,(H,25,28). The van der Waals surface area contributed by atoms with Gasteiger partial charge in [-0.2, -0.15) is 0 Å². The van der Waals surface area contributed by atoms with Gasteiger partial charge in [-0.3, -0.25) is 9.59 Å². The van der Waals surface area contributed by atoms with Gasteiger partial charge in [-0.1, -0.05) is 6.92 Å². The van der Waals surface area contributed by atoms with Crippen molar-refractivity contribution in [3.05, 3.63) is 40.7 Å². The fourth-order valence-electron chi connectivity index (χ4n) is 3.86. The third-order valence-electron chi connectivity index (χ3n) is 5.85. The van der Waals surface area contributed by atoms with Gasteiger partial charge >= 0.3 is 0 Å². The second kappa shape index (κ2) is 10.8. The number of nitrogens with one attached hydrogen (secondary N) is 1. The maximum Gasteiger partial charge on any atom is 0.265 e. The number of hydrogen-bond donors (Lipinski definition) is 1. The first-order valence-electron chi connectivity index (χ1n) is 10.7. The fraction of sp³-hybridized carbons (Fsp3) is 0.522. The van der Waals surface area contributed by atoms with Crippen LogP contribution in [0.2, 0.25) is 0 Å². The van der Waals surface area contributed by atoms with Gasteiger partial charge in [-0.25, -0.2) is 9.37 Å². The molecule has 1 aliphatic rings. The molecule has 0 saturated carbocycles. The van der Waals surface area contributed by atoms with Crippen LogP contribution >= 0.6 is 11.3 Å². The maximum absolute atomic E-state index is 13.2. The second-order valence-corrected chi connectivity index (χ2v) is 9.00. The minimum absolute atomic E-state index is 0.0153. The molecule has 6 nitrogen and oxygen atoms in total. The first kappa shape index (κ1) is 23.3. The van der Waals surface area contributed by atoms with E-state index in [1.165, 1.54) is 23.5 Å². The molecule has 1 unspecified atom stereocenters. The summed E-state index contributed by atoms with van der Waals surface area (Å²) in [6, 6.07) is 6.14. The highest BCUT2D eigenvalue weighted by Gasteiger charge is 2.31. The summed E-state index contributed by atoms with van der Waals surface area (Å²) in [5, 5.41) is 3.69. The number of methoxy groups -OCH3 is 1. The number of aryl methyl sites for hydroxylation is 1. The second-order valence-electron chi connectivity index (χ2n) is 8.00. The van der Waals surface area contributed by atoms with Crippen LogP contribution in [-0.4, -0.2) is 55.0 Å². The van der Waals surface area contributed by atoms with E-state index in [1.807, 2.05) is 18.7 Å². The van der Waals surface area contributed by atoms with Crippen molar-refractivity contribution in [1.82, 2.24) is 15.2 Å². The molecule has 3 rings (SSSR count). The van der Waals surface area contributed by atoms with Crippen molar-refractivity contribution >= 4 is 23.2 Å². The topological polar surface area (TPSA) is 71.5 Å². The van der Waals surface area contributed by atoms with Gasteiger partial charge in [0.1, 0.15) is 15.7 Å². The molecule has 2 amide bonds. The molecule has 0 bridgehead atoms. The van der Waals surface area contributed by atoms with E-state index in [-0.39, 0.29) is 29.5 Å². The van der Waals surface area contributed by atoms with Crippen LogP contribution in [0.3, 0.4) is 0 Å². The number of aromatic nitrogens is 1. The predicted octanol–water partition coefficient (Wildman–Crippen LogP) is 3.90. The van der Waals surface area contributed by atoms with Crippen molar-refractivity contribution in [2.24, 2.45) is 11.8 Å². The summed E-state index contributed by atoms with van der Waals surface area (Å²) in [5.74, 6) is -0.0467. The lowest BCUT2D eigenvalue weighted by Crippen LogP contribution is -2.42. The normalized spacial score (nSPS) is 15.7. The number of amides is 2. The van der Waals surface area contributed by atoms with E-state index in [2.05, 4.69) is 10.3 Å². The quantitative estimate of drug-likeness (QED) is 0.623. The van der Waals surface area contributed by atoms with E-state index in [0.29, 0.717) is 36.8 Å². The summed E-state index contributed by atoms with van der Waals surface area (Å²) in [6.07, 6.45) is 2.41. The highest BCUT2D eigenvalue weighted by atomic mass is 32.1. The van der Waals surface area contributed by atoms with Gasteiger partial charge in [0.05, 0.1) is 5.69 Å². The van der Waals surface area contributed by atoms with Gasteiger partial charge in [0.15, 0.2) is 0 Å². The first-order valence-corrected chi connectivity index (χ1v) is 11.5. The number of carbonyl (C=O) groups excluding carboxylic acids is 2. The summed E-state index contributed by atoms with van der Waals surface area (Å²) in [5.41, 5.74) is 1.50. The van der Waals surface area contributed by atoms with E-state index in [9.17, 15) is 14.0 Å². The van der Waals surface area contributed by atoms with Gasteiger partial charge in [-0.05, 0) is 56.4 Å². The molecule has 2 heterocycles. The monoisotopic (exact) mass is 447 g/mol. The Bertz CT molecular complexity index is 892. The van der Waals surface area contributed by atoms with Gasteiger partial charge in [-0.15, -0.1) is 11.3 Å². The molecule has 1 atom stereocenters. The summed E-state index contributed by atoms with van der Waals surface area (Å²) in [4.78, 5) is 32.5. The molecule has 0 radical (unpaired) electrons. The number of rotatable bonds is 8. The Morgan fingerprint density at radius 3 is 2.61 bits per heavy atom. The molecular formula is C23H30FN3O3S. The number of thiazole rings is 1. The van der Waals surface area contributed by atoms with E-state index in [4.69, 9.17) is 4.74 Å². The highest BCUT2D eigenvalue weighted by molar-refractivity contribution is 7.17. The van der Waals surface area contributed by atoms with Crippen molar-refractivity contribution < 1.29 is 18.7 Å². The molecule has 8 heteroatoms. The van der Waals surface area contributed by atoms with E-state index < -0.39 is 0 Å². The number of piperidine rings is 1. The van der Waals surface area contributed by atoms with Crippen LogP contribution in [0.5, 0.6) is 0 Å². The summed E-state index contributed by atoms with van der Waals surface area (Å²) in [7, 11) is 1.65. The SMILES string of the molecule is COCCCNC(=O)C(C)C1CCN(C(=O)c2sc(-c3ccc(F)cc3)nc2C)CC1. The molecule has 1 fully saturated rings. The Labute approximate surface area is 186 Å². The molecule has 1 saturated heterocycles. The zero-order chi connectivity index (χ0) is 22.4. The van der Waals surface area contributed by atoms with Crippen LogP contribution in [0.25, 0.3) is 10.6 Å². The molecule has 2 aromatic rings. The molecule has 31 heavy (non-hydrogen) atoms. The number of carbonyl (C=O) groups is 2. The zero-order valence-corrected chi connectivity index (χ0v) is 19.1. The largest absolute Gasteiger partial charge is 0.385 e. The van der Waals surface area contributed by atoms with E-state index in [1.54, 1.807) is 19.2 Å². The fourth-order valence-corrected chi connectivity index (χ4v) is 4.90. The van der Waals surface area contributed by atoms with Crippen LogP contribution in [0, 0.1) is 24.6 Å². The third-order valence-corrected chi connectivity index (χ3v) is 7.05. The Balaban J connectivity index is 1.55. The van der Waals surface area contributed by atoms with E-state index in [0.717, 1.165) is 29.8 Å². The third kappa shape index (κ3) is 5.89. The molecule has 1 aromatic carbocycles. The number of benzene rings is 1. The van der Waals surface area contributed by atoms with Gasteiger partial charge in [0.2, 0.25) is 5.91 Å². The van der Waals surface area contributed by atoms with Gasteiger partial charge < -0.3 is 15.0 Å². The van der Waals surface area contributed by atoms with Crippen LogP contribution in [-0.2, 0) is 9.53 Å². The van der Waals surface area contributed by atoms with Crippen molar-refractivity contribution in [2.45, 2.75) is 33.1 Å². The molecule has 0 aliphatic carbocycles. The average molecular weight is 448 g/mol. The molecule has 1 aliphatic heterocycles. The van der Waals surface area contributed by atoms with Crippen molar-refractivity contribution in [1.29, 1.82) is 0 Å². The van der Waals surface area contributed by atoms with Crippen LogP contribution in [0.1, 0.15) is 41.6 Å². The van der Waals surface area contributed by atoms with Crippen molar-refractivity contribution in [3.63, 3.8) is 0 Å². The van der Waals surface area contributed by atoms with E-state index >= 15 is 0 Å². The Morgan fingerprint density at radius 1 is 1.29 bits per heavy atom. The Morgan fingerprint density at radius 2 is 1.97 bits per heavy atom. The smallest absolute Gasteiger partial charge is 0.265 e. The number of halogens is 1. The van der Waals surface area contributed by atoms with Crippen LogP contribution in [0.15, 0.2) is 24.3 Å². The summed E-state index contributed by atoms with van der Waals surface area (Å²) < 4.78 is 18.2. The number of ether oxygens (including phenoxy) is 1. The molecular weight excluding hydrogens is 417 g/mol. The van der Waals surface area contributed by atoms with Crippen molar-refractivity contribution in [2.75, 3.05) is 33.4 Å². The molecule has 0 spiro atoms. The minimum Gasteiger partial charge on any atom is -0.385 e. The molecule has 1 N–H and O–H groups in total. The number of likely N-dealkylation sites (tertiary alicyclic amines) is 1. The minimum atomic E-state index is -0.297. The molecule has 168 valence electrons. The zero-order valence-electron chi connectivity index (χ0n) is 18.3. The Hall–Kier alpha value is -2.32. The Kier molecular flexibility index (Phi) is 8.15. The van der Waals surface area contributed by atoms with Crippen LogP contribution in [0.4, 0.5) is 4.39 Å². The predicted molar refractivity (Wildman–Crippen MR) is 120 cm³/mol. The average Bonchev–Trinajstić information content (AvgIpc) is 3.17. The lowest BCUT2D eigenvalue weighted by Gasteiger charge is -2.34. The lowest BCUT2D eigenvalue weighted by atomic mass is 9.84. The van der Waals surface area contributed by atoms with Gasteiger partial charge in [0, 0.05) is 44.8 Å². The maximum atomic E-state index is 13.2. The highest BCUT2D eigenvalue weighted by Crippen LogP contribution is 2.31. The summed E-state index contributed by atoms with van der Waals surface area (Å²) >= 11 is 1.35. The van der Waals surface area contributed by atoms with Crippen molar-refractivity contribution in [3.8, 4) is 10.6 Å². The van der Waals surface area contributed by atoms with Gasteiger partial charge in [0.25, 0.3) is 5.91 Å². The molecule has 1 aromatic heterocycles. The summed E-state index contributed by atoms with van der Waals surface area (Å²) in [6.45, 7) is 6.32. The lowest BCUT2D eigenvalue weighted by molar-refractivity contribution is -0.126. The number of hydrogen-bond acceptors (Lipinski definition) is 5. The first-order chi connectivity index (χ1) is 14.9. The number of nitrogens with zero attached hydrogens (tertiary/aromatic N) is 2.